The Labute approximate surface area is 146 Å². The van der Waals surface area contributed by atoms with Crippen LogP contribution in [0.5, 0.6) is 0 Å². The number of hydrazine groups is 1. The van der Waals surface area contributed by atoms with Gasteiger partial charge in [0.05, 0.1) is 5.02 Å². The SMILES string of the molecule is Cc1ccc(C(=O)NNC(=O)c2sc3cc(F)ccc3c2Cl)cc1. The summed E-state index contributed by atoms with van der Waals surface area (Å²) in [5.41, 5.74) is 6.11. The molecule has 3 aromatic rings. The monoisotopic (exact) mass is 362 g/mol. The first-order chi connectivity index (χ1) is 11.5. The smallest absolute Gasteiger partial charge is 0.267 e. The van der Waals surface area contributed by atoms with E-state index in [1.807, 2.05) is 6.92 Å². The first-order valence-corrected chi connectivity index (χ1v) is 8.20. The number of hydrogen-bond acceptors (Lipinski definition) is 3. The summed E-state index contributed by atoms with van der Waals surface area (Å²) < 4.78 is 13.8. The maximum Gasteiger partial charge on any atom is 0.281 e. The van der Waals surface area contributed by atoms with E-state index < -0.39 is 17.6 Å². The molecule has 0 spiro atoms. The Morgan fingerprint density at radius 3 is 2.42 bits per heavy atom. The van der Waals surface area contributed by atoms with Gasteiger partial charge in [0.15, 0.2) is 0 Å². The highest BCUT2D eigenvalue weighted by Gasteiger charge is 2.18. The quantitative estimate of drug-likeness (QED) is 0.675. The Kier molecular flexibility index (Phi) is 4.51. The van der Waals surface area contributed by atoms with Gasteiger partial charge in [0.2, 0.25) is 0 Å². The lowest BCUT2D eigenvalue weighted by Crippen LogP contribution is -2.41. The standard InChI is InChI=1S/C17H12ClFN2O2S/c1-9-2-4-10(5-3-9)16(22)20-21-17(23)15-14(18)12-7-6-11(19)8-13(12)24-15/h2-8H,1H3,(H,20,22)(H,21,23). The number of benzene rings is 2. The van der Waals surface area contributed by atoms with Crippen molar-refractivity contribution in [2.75, 3.05) is 0 Å². The van der Waals surface area contributed by atoms with E-state index >= 15 is 0 Å². The number of amides is 2. The molecule has 2 N–H and O–H groups in total. The van der Waals surface area contributed by atoms with E-state index in [0.717, 1.165) is 16.9 Å². The number of rotatable bonds is 2. The summed E-state index contributed by atoms with van der Waals surface area (Å²) in [5.74, 6) is -1.39. The summed E-state index contributed by atoms with van der Waals surface area (Å²) in [4.78, 5) is 24.4. The highest BCUT2D eigenvalue weighted by molar-refractivity contribution is 7.21. The van der Waals surface area contributed by atoms with E-state index in [2.05, 4.69) is 10.9 Å². The molecule has 2 aromatic carbocycles. The Morgan fingerprint density at radius 2 is 1.71 bits per heavy atom. The van der Waals surface area contributed by atoms with Crippen molar-refractivity contribution in [1.82, 2.24) is 10.9 Å². The molecule has 4 nitrogen and oxygen atoms in total. The molecule has 7 heteroatoms. The van der Waals surface area contributed by atoms with Crippen molar-refractivity contribution in [3.05, 3.63) is 69.3 Å². The molecule has 0 aliphatic rings. The van der Waals surface area contributed by atoms with Crippen LogP contribution in [0.1, 0.15) is 25.6 Å². The Hall–Kier alpha value is -2.44. The molecule has 0 atom stereocenters. The molecule has 0 aliphatic heterocycles. The van der Waals surface area contributed by atoms with Crippen molar-refractivity contribution < 1.29 is 14.0 Å². The van der Waals surface area contributed by atoms with Gasteiger partial charge in [0.25, 0.3) is 11.8 Å². The van der Waals surface area contributed by atoms with Crippen molar-refractivity contribution in [1.29, 1.82) is 0 Å². The van der Waals surface area contributed by atoms with Crippen molar-refractivity contribution in [3.63, 3.8) is 0 Å². The zero-order chi connectivity index (χ0) is 17.3. The van der Waals surface area contributed by atoms with Gasteiger partial charge in [-0.3, -0.25) is 20.4 Å². The Balaban J connectivity index is 1.74. The molecule has 0 bridgehead atoms. The van der Waals surface area contributed by atoms with Gasteiger partial charge in [0, 0.05) is 15.6 Å². The third-order valence-corrected chi connectivity index (χ3v) is 5.06. The van der Waals surface area contributed by atoms with Crippen LogP contribution in [0.25, 0.3) is 10.1 Å². The van der Waals surface area contributed by atoms with E-state index in [1.165, 1.54) is 18.2 Å². The molecule has 122 valence electrons. The summed E-state index contributed by atoms with van der Waals surface area (Å²) in [6.07, 6.45) is 0. The van der Waals surface area contributed by atoms with Crippen LogP contribution in [-0.2, 0) is 0 Å². The highest BCUT2D eigenvalue weighted by Crippen LogP contribution is 2.35. The molecule has 0 aliphatic carbocycles. The lowest BCUT2D eigenvalue weighted by atomic mass is 10.1. The fourth-order valence-corrected chi connectivity index (χ4v) is 3.57. The lowest BCUT2D eigenvalue weighted by Gasteiger charge is -2.06. The fourth-order valence-electron chi connectivity index (χ4n) is 2.13. The zero-order valence-corrected chi connectivity index (χ0v) is 14.1. The maximum absolute atomic E-state index is 13.3. The molecule has 0 fully saturated rings. The molecular weight excluding hydrogens is 351 g/mol. The molecule has 1 aromatic heterocycles. The molecule has 0 saturated heterocycles. The molecule has 24 heavy (non-hydrogen) atoms. The van der Waals surface area contributed by atoms with Crippen LogP contribution in [0.2, 0.25) is 5.02 Å². The first kappa shape index (κ1) is 16.4. The number of halogens is 2. The number of carbonyl (C=O) groups excluding carboxylic acids is 2. The fraction of sp³-hybridized carbons (Fsp3) is 0.0588. The van der Waals surface area contributed by atoms with Crippen LogP contribution >= 0.6 is 22.9 Å². The van der Waals surface area contributed by atoms with E-state index in [0.29, 0.717) is 15.6 Å². The summed E-state index contributed by atoms with van der Waals surface area (Å²) in [6, 6.07) is 11.0. The number of thiophene rings is 1. The van der Waals surface area contributed by atoms with Crippen molar-refractivity contribution in [2.45, 2.75) is 6.92 Å². The van der Waals surface area contributed by atoms with Crippen LogP contribution in [0.15, 0.2) is 42.5 Å². The van der Waals surface area contributed by atoms with E-state index in [1.54, 1.807) is 24.3 Å². The van der Waals surface area contributed by atoms with Crippen molar-refractivity contribution in [3.8, 4) is 0 Å². The van der Waals surface area contributed by atoms with Gasteiger partial charge < -0.3 is 0 Å². The van der Waals surface area contributed by atoms with Crippen LogP contribution in [-0.4, -0.2) is 11.8 Å². The average Bonchev–Trinajstić information content (AvgIpc) is 2.89. The second kappa shape index (κ2) is 6.59. The van der Waals surface area contributed by atoms with E-state index in [-0.39, 0.29) is 9.90 Å². The lowest BCUT2D eigenvalue weighted by molar-refractivity contribution is 0.0849. The second-order valence-corrected chi connectivity index (χ2v) is 6.59. The summed E-state index contributed by atoms with van der Waals surface area (Å²) in [6.45, 7) is 1.91. The largest absolute Gasteiger partial charge is 0.281 e. The summed E-state index contributed by atoms with van der Waals surface area (Å²) in [5, 5.41) is 0.829. The van der Waals surface area contributed by atoms with E-state index in [9.17, 15) is 14.0 Å². The Morgan fingerprint density at radius 1 is 1.04 bits per heavy atom. The van der Waals surface area contributed by atoms with Gasteiger partial charge in [-0.25, -0.2) is 4.39 Å². The highest BCUT2D eigenvalue weighted by atomic mass is 35.5. The van der Waals surface area contributed by atoms with Crippen LogP contribution < -0.4 is 10.9 Å². The van der Waals surface area contributed by atoms with Crippen LogP contribution in [0, 0.1) is 12.7 Å². The topological polar surface area (TPSA) is 58.2 Å². The van der Waals surface area contributed by atoms with Crippen LogP contribution in [0.4, 0.5) is 4.39 Å². The summed E-state index contributed by atoms with van der Waals surface area (Å²) >= 11 is 7.23. The molecule has 0 saturated carbocycles. The van der Waals surface area contributed by atoms with E-state index in [4.69, 9.17) is 11.6 Å². The molecule has 0 radical (unpaired) electrons. The number of aryl methyl sites for hydroxylation is 1. The minimum atomic E-state index is -0.554. The predicted octanol–water partition coefficient (Wildman–Crippen LogP) is 4.08. The van der Waals surface area contributed by atoms with Gasteiger partial charge in [-0.2, -0.15) is 0 Å². The molecular formula is C17H12ClFN2O2S. The number of hydrogen-bond donors (Lipinski definition) is 2. The van der Waals surface area contributed by atoms with Gasteiger partial charge in [0.1, 0.15) is 10.7 Å². The summed E-state index contributed by atoms with van der Waals surface area (Å²) in [7, 11) is 0. The van der Waals surface area contributed by atoms with Crippen LogP contribution in [0.3, 0.4) is 0 Å². The third-order valence-electron chi connectivity index (χ3n) is 3.40. The normalized spacial score (nSPS) is 10.6. The Bertz CT molecular complexity index is 938. The second-order valence-electron chi connectivity index (χ2n) is 5.16. The molecule has 1 heterocycles. The third kappa shape index (κ3) is 3.25. The number of nitrogens with one attached hydrogen (secondary N) is 2. The van der Waals surface area contributed by atoms with Gasteiger partial charge >= 0.3 is 0 Å². The number of carbonyl (C=O) groups is 2. The van der Waals surface area contributed by atoms with Gasteiger partial charge in [-0.1, -0.05) is 29.3 Å². The van der Waals surface area contributed by atoms with Gasteiger partial charge in [-0.15, -0.1) is 11.3 Å². The van der Waals surface area contributed by atoms with Gasteiger partial charge in [-0.05, 0) is 37.3 Å². The first-order valence-electron chi connectivity index (χ1n) is 7.00. The molecule has 0 unspecified atom stereocenters. The van der Waals surface area contributed by atoms with Crippen molar-refractivity contribution in [2.24, 2.45) is 0 Å². The average molecular weight is 363 g/mol. The molecule has 2 amide bonds. The predicted molar refractivity (Wildman–Crippen MR) is 92.9 cm³/mol. The maximum atomic E-state index is 13.3. The van der Waals surface area contributed by atoms with Crippen molar-refractivity contribution >= 4 is 44.8 Å². The minimum absolute atomic E-state index is 0.210. The number of fused-ring (bicyclic) bond motifs is 1. The molecule has 3 rings (SSSR count). The zero-order valence-electron chi connectivity index (χ0n) is 12.5. The minimum Gasteiger partial charge on any atom is -0.267 e.